The monoisotopic (exact) mass is 346 g/mol. The van der Waals surface area contributed by atoms with Gasteiger partial charge in [0.2, 0.25) is 5.82 Å². The lowest BCUT2D eigenvalue weighted by molar-refractivity contribution is 0.303. The highest BCUT2D eigenvalue weighted by Gasteiger charge is 2.23. The van der Waals surface area contributed by atoms with Crippen molar-refractivity contribution in [1.29, 1.82) is 0 Å². The van der Waals surface area contributed by atoms with Crippen LogP contribution in [0.3, 0.4) is 0 Å². The van der Waals surface area contributed by atoms with Gasteiger partial charge in [-0.25, -0.2) is 4.39 Å². The summed E-state index contributed by atoms with van der Waals surface area (Å²) in [6, 6.07) is 7.38. The highest BCUT2D eigenvalue weighted by atomic mass is 19.2. The molecule has 0 spiro atoms. The standard InChI is InChI=1S/C22H28F2O/c1-3-4-5-6-15-7-9-16(10-8-15)17-11-12-18-14-20(25-2)22(24)21(23)19(18)13-17/h11-16H,3-10H2,1-2H3. The van der Waals surface area contributed by atoms with Crippen LogP contribution in [0.4, 0.5) is 8.78 Å². The Morgan fingerprint density at radius 1 is 1.00 bits per heavy atom. The van der Waals surface area contributed by atoms with Gasteiger partial charge in [-0.2, -0.15) is 4.39 Å². The average molecular weight is 346 g/mol. The van der Waals surface area contributed by atoms with E-state index in [1.54, 1.807) is 6.07 Å². The van der Waals surface area contributed by atoms with E-state index in [2.05, 4.69) is 13.0 Å². The van der Waals surface area contributed by atoms with Crippen LogP contribution in [0.25, 0.3) is 10.8 Å². The molecule has 2 aromatic carbocycles. The van der Waals surface area contributed by atoms with Gasteiger partial charge in [0.05, 0.1) is 7.11 Å². The first-order valence-electron chi connectivity index (χ1n) is 9.59. The van der Waals surface area contributed by atoms with E-state index in [1.165, 1.54) is 45.6 Å². The SMILES string of the molecule is CCCCCC1CCC(c2ccc3cc(OC)c(F)c(F)c3c2)CC1. The fourth-order valence-electron chi connectivity index (χ4n) is 4.19. The van der Waals surface area contributed by atoms with E-state index in [0.29, 0.717) is 16.7 Å². The second-order valence-electron chi connectivity index (χ2n) is 7.40. The zero-order valence-electron chi connectivity index (χ0n) is 15.3. The van der Waals surface area contributed by atoms with Crippen LogP contribution in [-0.2, 0) is 0 Å². The Balaban J connectivity index is 1.73. The first kappa shape index (κ1) is 18.2. The van der Waals surface area contributed by atoms with Crippen LogP contribution in [0.1, 0.15) is 69.8 Å². The molecule has 0 aliphatic heterocycles. The van der Waals surface area contributed by atoms with Crippen molar-refractivity contribution in [3.8, 4) is 5.75 Å². The van der Waals surface area contributed by atoms with Crippen LogP contribution < -0.4 is 4.74 Å². The van der Waals surface area contributed by atoms with Crippen molar-refractivity contribution in [1.82, 2.24) is 0 Å². The van der Waals surface area contributed by atoms with Crippen LogP contribution in [0.15, 0.2) is 24.3 Å². The fourth-order valence-corrected chi connectivity index (χ4v) is 4.19. The maximum Gasteiger partial charge on any atom is 0.201 e. The molecule has 0 N–H and O–H groups in total. The molecule has 3 heteroatoms. The number of fused-ring (bicyclic) bond motifs is 1. The molecule has 0 amide bonds. The van der Waals surface area contributed by atoms with Crippen LogP contribution in [-0.4, -0.2) is 7.11 Å². The summed E-state index contributed by atoms with van der Waals surface area (Å²) in [7, 11) is 1.36. The van der Waals surface area contributed by atoms with Crippen LogP contribution >= 0.6 is 0 Å². The number of benzene rings is 2. The Morgan fingerprint density at radius 3 is 2.44 bits per heavy atom. The molecule has 0 aromatic heterocycles. The third-order valence-corrected chi connectivity index (χ3v) is 5.76. The Morgan fingerprint density at radius 2 is 1.76 bits per heavy atom. The van der Waals surface area contributed by atoms with Gasteiger partial charge in [-0.1, -0.05) is 44.7 Å². The lowest BCUT2D eigenvalue weighted by Crippen LogP contribution is -2.13. The summed E-state index contributed by atoms with van der Waals surface area (Å²) < 4.78 is 33.3. The van der Waals surface area contributed by atoms with Gasteiger partial charge in [0.25, 0.3) is 0 Å². The number of unbranched alkanes of at least 4 members (excludes halogenated alkanes) is 2. The first-order valence-corrected chi connectivity index (χ1v) is 9.59. The van der Waals surface area contributed by atoms with Gasteiger partial charge in [-0.3, -0.25) is 0 Å². The molecule has 0 bridgehead atoms. The minimum absolute atomic E-state index is 0.0367. The van der Waals surface area contributed by atoms with Crippen molar-refractivity contribution in [2.75, 3.05) is 7.11 Å². The van der Waals surface area contributed by atoms with E-state index in [-0.39, 0.29) is 5.75 Å². The normalized spacial score (nSPS) is 20.8. The molecule has 0 radical (unpaired) electrons. The van der Waals surface area contributed by atoms with Crippen LogP contribution in [0.5, 0.6) is 5.75 Å². The van der Waals surface area contributed by atoms with E-state index >= 15 is 0 Å². The summed E-state index contributed by atoms with van der Waals surface area (Å²) in [4.78, 5) is 0. The Kier molecular flexibility index (Phi) is 5.93. The predicted molar refractivity (Wildman–Crippen MR) is 99.3 cm³/mol. The van der Waals surface area contributed by atoms with Gasteiger partial charge in [-0.05, 0) is 60.6 Å². The fraction of sp³-hybridized carbons (Fsp3) is 0.545. The molecule has 25 heavy (non-hydrogen) atoms. The van der Waals surface area contributed by atoms with E-state index in [1.807, 2.05) is 12.1 Å². The highest BCUT2D eigenvalue weighted by molar-refractivity contribution is 5.85. The van der Waals surface area contributed by atoms with Gasteiger partial charge >= 0.3 is 0 Å². The van der Waals surface area contributed by atoms with Crippen molar-refractivity contribution >= 4 is 10.8 Å². The molecular weight excluding hydrogens is 318 g/mol. The van der Waals surface area contributed by atoms with Crippen molar-refractivity contribution in [3.63, 3.8) is 0 Å². The smallest absolute Gasteiger partial charge is 0.201 e. The van der Waals surface area contributed by atoms with Crippen molar-refractivity contribution in [3.05, 3.63) is 41.5 Å². The average Bonchev–Trinajstić information content (AvgIpc) is 2.65. The number of rotatable bonds is 6. The summed E-state index contributed by atoms with van der Waals surface area (Å²) in [5.41, 5.74) is 1.14. The Hall–Kier alpha value is -1.64. The van der Waals surface area contributed by atoms with Crippen LogP contribution in [0, 0.1) is 17.6 Å². The zero-order chi connectivity index (χ0) is 17.8. The van der Waals surface area contributed by atoms with E-state index in [0.717, 1.165) is 24.3 Å². The largest absolute Gasteiger partial charge is 0.494 e. The van der Waals surface area contributed by atoms with E-state index < -0.39 is 11.6 Å². The number of ether oxygens (including phenoxy) is 1. The maximum absolute atomic E-state index is 14.4. The molecule has 1 saturated carbocycles. The highest BCUT2D eigenvalue weighted by Crippen LogP contribution is 2.39. The van der Waals surface area contributed by atoms with Crippen molar-refractivity contribution < 1.29 is 13.5 Å². The van der Waals surface area contributed by atoms with Gasteiger partial charge in [0.1, 0.15) is 0 Å². The lowest BCUT2D eigenvalue weighted by atomic mass is 9.77. The molecule has 0 heterocycles. The summed E-state index contributed by atoms with van der Waals surface area (Å²) in [5, 5.41) is 1.05. The van der Waals surface area contributed by atoms with Crippen molar-refractivity contribution in [2.24, 2.45) is 5.92 Å². The second-order valence-corrected chi connectivity index (χ2v) is 7.40. The summed E-state index contributed by atoms with van der Waals surface area (Å²) in [6.07, 6.45) is 10.1. The van der Waals surface area contributed by atoms with Gasteiger partial charge in [0.15, 0.2) is 11.6 Å². The maximum atomic E-state index is 14.4. The van der Waals surface area contributed by atoms with Crippen molar-refractivity contribution in [2.45, 2.75) is 64.2 Å². The first-order chi connectivity index (χ1) is 12.1. The third kappa shape index (κ3) is 3.96. The molecule has 136 valence electrons. The third-order valence-electron chi connectivity index (χ3n) is 5.76. The number of hydrogen-bond donors (Lipinski definition) is 0. The molecule has 1 fully saturated rings. The topological polar surface area (TPSA) is 9.23 Å². The van der Waals surface area contributed by atoms with Crippen LogP contribution in [0.2, 0.25) is 0 Å². The van der Waals surface area contributed by atoms with Gasteiger partial charge < -0.3 is 4.74 Å². The summed E-state index contributed by atoms with van der Waals surface area (Å²) in [5.74, 6) is -0.417. The second kappa shape index (κ2) is 8.16. The molecule has 2 aromatic rings. The quantitative estimate of drug-likeness (QED) is 0.513. The summed E-state index contributed by atoms with van der Waals surface area (Å²) in [6.45, 7) is 2.24. The predicted octanol–water partition coefficient (Wildman–Crippen LogP) is 6.98. The number of methoxy groups -OCH3 is 1. The minimum atomic E-state index is -0.896. The molecule has 1 aliphatic carbocycles. The number of halogens is 2. The number of hydrogen-bond acceptors (Lipinski definition) is 1. The zero-order valence-corrected chi connectivity index (χ0v) is 15.3. The molecule has 0 atom stereocenters. The van der Waals surface area contributed by atoms with Gasteiger partial charge in [-0.15, -0.1) is 0 Å². The lowest BCUT2D eigenvalue weighted by Gasteiger charge is -2.29. The Labute approximate surface area is 149 Å². The molecule has 0 unspecified atom stereocenters. The van der Waals surface area contributed by atoms with E-state index in [9.17, 15) is 8.78 Å². The molecular formula is C22H28F2O. The molecule has 1 aliphatic rings. The Bertz CT molecular complexity index is 718. The molecule has 0 saturated heterocycles. The van der Waals surface area contributed by atoms with Gasteiger partial charge in [0, 0.05) is 5.39 Å². The molecule has 3 rings (SSSR count). The minimum Gasteiger partial charge on any atom is -0.494 e. The molecule has 1 nitrogen and oxygen atoms in total. The van der Waals surface area contributed by atoms with E-state index in [4.69, 9.17) is 4.74 Å². The summed E-state index contributed by atoms with van der Waals surface area (Å²) >= 11 is 0.